The van der Waals surface area contributed by atoms with Crippen molar-refractivity contribution in [2.75, 3.05) is 37.7 Å². The number of pyridine rings is 1. The topological polar surface area (TPSA) is 81.2 Å². The minimum Gasteiger partial charge on any atom is -0.492 e. The fourth-order valence-electron chi connectivity index (χ4n) is 5.69. The van der Waals surface area contributed by atoms with Crippen LogP contribution in [0.3, 0.4) is 0 Å². The average Bonchev–Trinajstić information content (AvgIpc) is 2.99. The zero-order valence-corrected chi connectivity index (χ0v) is 24.2. The lowest BCUT2D eigenvalue weighted by Gasteiger charge is -2.40. The number of aryl methyl sites for hydroxylation is 2. The maximum Gasteiger partial charge on any atom is 0.410 e. The number of rotatable bonds is 8. The molecule has 3 aromatic rings. The highest BCUT2D eigenvalue weighted by atomic mass is 16.6. The van der Waals surface area contributed by atoms with E-state index in [1.54, 1.807) is 4.90 Å². The van der Waals surface area contributed by atoms with Crippen LogP contribution in [0.2, 0.25) is 0 Å². The van der Waals surface area contributed by atoms with Crippen LogP contribution in [-0.4, -0.2) is 54.8 Å². The Morgan fingerprint density at radius 1 is 0.902 bits per heavy atom. The predicted molar refractivity (Wildman–Crippen MR) is 157 cm³/mol. The molecule has 41 heavy (non-hydrogen) atoms. The zero-order valence-electron chi connectivity index (χ0n) is 24.2. The standard InChI is InChI=1S/C33H39N3O5/c1-4-39-31(37)33(13-16-35(17-14-33)29-18-24(2)34-25(3)19-29)23-41-30-11-10-27-12-15-36(21-28(27)20-30)32(38)40-22-26-8-6-5-7-9-26/h5-11,18-20H,4,12-17,21-23H2,1-3H3. The van der Waals surface area contributed by atoms with Crippen LogP contribution >= 0.6 is 0 Å². The van der Waals surface area contributed by atoms with Crippen LogP contribution in [0.4, 0.5) is 10.5 Å². The second-order valence-corrected chi connectivity index (χ2v) is 11.0. The molecular weight excluding hydrogens is 518 g/mol. The molecule has 0 saturated carbocycles. The Bertz CT molecular complexity index is 1350. The minimum atomic E-state index is -0.715. The van der Waals surface area contributed by atoms with Crippen LogP contribution in [0.1, 0.15) is 47.8 Å². The molecule has 0 N–H and O–H groups in total. The lowest BCUT2D eigenvalue weighted by molar-refractivity contribution is -0.159. The summed E-state index contributed by atoms with van der Waals surface area (Å²) in [6.45, 7) is 9.21. The van der Waals surface area contributed by atoms with E-state index in [9.17, 15) is 9.59 Å². The Balaban J connectivity index is 1.22. The molecule has 0 atom stereocenters. The van der Waals surface area contributed by atoms with E-state index in [4.69, 9.17) is 14.2 Å². The Morgan fingerprint density at radius 3 is 2.34 bits per heavy atom. The van der Waals surface area contributed by atoms with Crippen molar-refractivity contribution in [2.24, 2.45) is 5.41 Å². The van der Waals surface area contributed by atoms with Crippen LogP contribution in [0.25, 0.3) is 0 Å². The van der Waals surface area contributed by atoms with Gasteiger partial charge in [-0.2, -0.15) is 0 Å². The van der Waals surface area contributed by atoms with Gasteiger partial charge in [-0.1, -0.05) is 36.4 Å². The summed E-state index contributed by atoms with van der Waals surface area (Å²) in [5.74, 6) is 0.488. The molecule has 8 nitrogen and oxygen atoms in total. The van der Waals surface area contributed by atoms with Crippen molar-refractivity contribution in [3.8, 4) is 5.75 Å². The van der Waals surface area contributed by atoms with Crippen molar-refractivity contribution in [3.63, 3.8) is 0 Å². The summed E-state index contributed by atoms with van der Waals surface area (Å²) in [5, 5.41) is 0. The van der Waals surface area contributed by atoms with Gasteiger partial charge in [0.1, 0.15) is 24.4 Å². The van der Waals surface area contributed by atoms with Crippen molar-refractivity contribution in [1.82, 2.24) is 9.88 Å². The highest BCUT2D eigenvalue weighted by Crippen LogP contribution is 2.36. The van der Waals surface area contributed by atoms with Gasteiger partial charge in [-0.05, 0) is 81.0 Å². The van der Waals surface area contributed by atoms with Crippen LogP contribution in [0.15, 0.2) is 60.7 Å². The normalized spacial score (nSPS) is 16.1. The van der Waals surface area contributed by atoms with E-state index in [1.807, 2.05) is 63.2 Å². The van der Waals surface area contributed by atoms with Gasteiger partial charge >= 0.3 is 12.1 Å². The third-order valence-corrected chi connectivity index (χ3v) is 8.03. The molecule has 2 aliphatic rings. The van der Waals surface area contributed by atoms with Gasteiger partial charge in [0.05, 0.1) is 6.61 Å². The Morgan fingerprint density at radius 2 is 1.63 bits per heavy atom. The van der Waals surface area contributed by atoms with E-state index in [1.165, 1.54) is 5.56 Å². The summed E-state index contributed by atoms with van der Waals surface area (Å²) in [5.41, 5.74) is 5.58. The van der Waals surface area contributed by atoms with Crippen LogP contribution in [0, 0.1) is 19.3 Å². The fourth-order valence-corrected chi connectivity index (χ4v) is 5.69. The number of piperidine rings is 1. The Kier molecular flexibility index (Phi) is 8.76. The maximum absolute atomic E-state index is 13.2. The molecule has 0 spiro atoms. The highest BCUT2D eigenvalue weighted by molar-refractivity contribution is 5.77. The number of ether oxygens (including phenoxy) is 3. The van der Waals surface area contributed by atoms with E-state index in [0.717, 1.165) is 47.7 Å². The highest BCUT2D eigenvalue weighted by Gasteiger charge is 2.44. The molecule has 1 aromatic heterocycles. The molecule has 216 valence electrons. The number of carbonyl (C=O) groups excluding carboxylic acids is 2. The minimum absolute atomic E-state index is 0.202. The van der Waals surface area contributed by atoms with E-state index in [2.05, 4.69) is 28.1 Å². The summed E-state index contributed by atoms with van der Waals surface area (Å²) >= 11 is 0. The number of anilines is 1. The number of hydrogen-bond donors (Lipinski definition) is 0. The van der Waals surface area contributed by atoms with Crippen molar-refractivity contribution < 1.29 is 23.8 Å². The first-order chi connectivity index (χ1) is 19.8. The SMILES string of the molecule is CCOC(=O)C1(COc2ccc3c(c2)CN(C(=O)OCc2ccccc2)CC3)CCN(c2cc(C)nc(C)c2)CC1. The van der Waals surface area contributed by atoms with Crippen molar-refractivity contribution in [3.05, 3.63) is 88.7 Å². The third-order valence-electron chi connectivity index (χ3n) is 8.03. The van der Waals surface area contributed by atoms with Crippen molar-refractivity contribution in [1.29, 1.82) is 0 Å². The molecule has 1 amide bonds. The smallest absolute Gasteiger partial charge is 0.410 e. The first-order valence-corrected chi connectivity index (χ1v) is 14.4. The largest absolute Gasteiger partial charge is 0.492 e. The monoisotopic (exact) mass is 557 g/mol. The van der Waals surface area contributed by atoms with Gasteiger partial charge in [-0.15, -0.1) is 0 Å². The number of benzene rings is 2. The predicted octanol–water partition coefficient (Wildman–Crippen LogP) is 5.62. The van der Waals surface area contributed by atoms with E-state index in [-0.39, 0.29) is 25.3 Å². The van der Waals surface area contributed by atoms with Gasteiger partial charge in [0.25, 0.3) is 0 Å². The van der Waals surface area contributed by atoms with Crippen molar-refractivity contribution >= 4 is 17.7 Å². The Hall–Kier alpha value is -4.07. The van der Waals surface area contributed by atoms with Gasteiger partial charge in [0.2, 0.25) is 0 Å². The van der Waals surface area contributed by atoms with E-state index >= 15 is 0 Å². The first-order valence-electron chi connectivity index (χ1n) is 14.4. The third kappa shape index (κ3) is 6.81. The molecule has 0 aliphatic carbocycles. The molecule has 2 aliphatic heterocycles. The van der Waals surface area contributed by atoms with Gasteiger partial charge in [-0.25, -0.2) is 4.79 Å². The molecule has 2 aromatic carbocycles. The van der Waals surface area contributed by atoms with Crippen LogP contribution in [0.5, 0.6) is 5.75 Å². The molecule has 0 bridgehead atoms. The van der Waals surface area contributed by atoms with Crippen LogP contribution < -0.4 is 9.64 Å². The zero-order chi connectivity index (χ0) is 28.8. The second kappa shape index (κ2) is 12.6. The summed E-state index contributed by atoms with van der Waals surface area (Å²) in [4.78, 5) is 34.5. The molecule has 8 heteroatoms. The maximum atomic E-state index is 13.2. The van der Waals surface area contributed by atoms with Crippen LogP contribution in [-0.2, 0) is 33.8 Å². The quantitative estimate of drug-likeness (QED) is 0.333. The van der Waals surface area contributed by atoms with Gasteiger partial charge in [0.15, 0.2) is 0 Å². The van der Waals surface area contributed by atoms with E-state index in [0.29, 0.717) is 38.3 Å². The summed E-state index contributed by atoms with van der Waals surface area (Å²) < 4.78 is 17.4. The number of carbonyl (C=O) groups is 2. The molecule has 3 heterocycles. The number of hydrogen-bond acceptors (Lipinski definition) is 7. The molecule has 0 unspecified atom stereocenters. The number of amides is 1. The molecule has 1 fully saturated rings. The summed E-state index contributed by atoms with van der Waals surface area (Å²) in [6.07, 6.45) is 1.71. The molecule has 0 radical (unpaired) electrons. The molecular formula is C33H39N3O5. The number of nitrogens with zero attached hydrogens (tertiary/aromatic N) is 3. The van der Waals surface area contributed by atoms with Gasteiger partial charge < -0.3 is 24.0 Å². The van der Waals surface area contributed by atoms with Crippen molar-refractivity contribution in [2.45, 2.75) is 53.2 Å². The number of fused-ring (bicyclic) bond motifs is 1. The van der Waals surface area contributed by atoms with E-state index < -0.39 is 5.41 Å². The Labute approximate surface area is 242 Å². The molecule has 1 saturated heterocycles. The lowest BCUT2D eigenvalue weighted by atomic mass is 9.79. The fraction of sp³-hybridized carbons (Fsp3) is 0.424. The lowest BCUT2D eigenvalue weighted by Crippen LogP contribution is -2.48. The molecule has 5 rings (SSSR count). The summed E-state index contributed by atoms with van der Waals surface area (Å²) in [6, 6.07) is 19.9. The summed E-state index contributed by atoms with van der Waals surface area (Å²) in [7, 11) is 0. The van der Waals surface area contributed by atoms with Gasteiger partial charge in [0, 0.05) is 43.3 Å². The number of aromatic nitrogens is 1. The number of esters is 1. The first kappa shape index (κ1) is 28.5. The average molecular weight is 558 g/mol. The second-order valence-electron chi connectivity index (χ2n) is 11.0. The van der Waals surface area contributed by atoms with Gasteiger partial charge in [-0.3, -0.25) is 9.78 Å².